The summed E-state index contributed by atoms with van der Waals surface area (Å²) in [6.45, 7) is 3.25. The molecule has 1 aliphatic rings. The molecule has 3 rings (SSSR count). The van der Waals surface area contributed by atoms with Gasteiger partial charge in [-0.3, -0.25) is 0 Å². The van der Waals surface area contributed by atoms with Crippen LogP contribution in [0.15, 0.2) is 42.5 Å². The van der Waals surface area contributed by atoms with Crippen molar-refractivity contribution in [3.8, 4) is 5.75 Å². The van der Waals surface area contributed by atoms with Gasteiger partial charge in [-0.05, 0) is 37.6 Å². The van der Waals surface area contributed by atoms with Gasteiger partial charge in [-0.25, -0.2) is 4.39 Å². The van der Waals surface area contributed by atoms with Gasteiger partial charge in [0.05, 0.1) is 12.3 Å². The summed E-state index contributed by atoms with van der Waals surface area (Å²) in [6, 6.07) is 12.6. The summed E-state index contributed by atoms with van der Waals surface area (Å²) < 4.78 is 20.0. The minimum Gasteiger partial charge on any atom is -0.491 e. The lowest BCUT2D eigenvalue weighted by atomic mass is 10.0. The molecule has 0 aliphatic carbocycles. The number of fused-ring (bicyclic) bond motifs is 1. The van der Waals surface area contributed by atoms with Crippen LogP contribution in [-0.4, -0.2) is 13.2 Å². The summed E-state index contributed by atoms with van der Waals surface area (Å²) >= 11 is 0. The van der Waals surface area contributed by atoms with Gasteiger partial charge < -0.3 is 15.4 Å². The average Bonchev–Trinajstić information content (AvgIpc) is 2.68. The number of hydrogen-bond acceptors (Lipinski definition) is 3. The van der Waals surface area contributed by atoms with Crippen molar-refractivity contribution in [1.29, 1.82) is 0 Å². The number of nitrogens with two attached hydrogens (primary N) is 1. The predicted octanol–water partition coefficient (Wildman–Crippen LogP) is 3.77. The van der Waals surface area contributed by atoms with Crippen LogP contribution in [-0.2, 0) is 0 Å². The first-order chi connectivity index (χ1) is 10.2. The molecule has 4 heteroatoms. The molecule has 0 saturated carbocycles. The van der Waals surface area contributed by atoms with Crippen LogP contribution in [0.25, 0.3) is 0 Å². The van der Waals surface area contributed by atoms with E-state index in [4.69, 9.17) is 10.5 Å². The molecular weight excluding hydrogens is 267 g/mol. The van der Waals surface area contributed by atoms with Crippen LogP contribution in [0.1, 0.15) is 24.9 Å². The molecule has 0 spiro atoms. The third-order valence-corrected chi connectivity index (χ3v) is 3.72. The zero-order chi connectivity index (χ0) is 14.8. The van der Waals surface area contributed by atoms with Crippen molar-refractivity contribution in [3.05, 3.63) is 53.8 Å². The highest BCUT2D eigenvalue weighted by Crippen LogP contribution is 2.39. The Kier molecular flexibility index (Phi) is 3.80. The summed E-state index contributed by atoms with van der Waals surface area (Å²) in [6.07, 6.45) is 0.879. The van der Waals surface area contributed by atoms with Gasteiger partial charge in [0.25, 0.3) is 0 Å². The molecule has 0 bridgehead atoms. The van der Waals surface area contributed by atoms with Crippen LogP contribution in [0.3, 0.4) is 0 Å². The summed E-state index contributed by atoms with van der Waals surface area (Å²) in [5, 5.41) is 0. The second-order valence-electron chi connectivity index (χ2n) is 5.28. The lowest BCUT2D eigenvalue weighted by Gasteiger charge is -2.27. The number of rotatable bonds is 2. The van der Waals surface area contributed by atoms with Crippen molar-refractivity contribution in [2.45, 2.75) is 19.4 Å². The molecular formula is C17H19FN2O. The fourth-order valence-corrected chi connectivity index (χ4v) is 2.79. The van der Waals surface area contributed by atoms with Crippen LogP contribution in [0.4, 0.5) is 15.8 Å². The Labute approximate surface area is 124 Å². The monoisotopic (exact) mass is 286 g/mol. The molecule has 1 atom stereocenters. The van der Waals surface area contributed by atoms with Crippen molar-refractivity contribution >= 4 is 11.4 Å². The fourth-order valence-electron chi connectivity index (χ4n) is 2.79. The van der Waals surface area contributed by atoms with E-state index in [1.165, 1.54) is 6.07 Å². The van der Waals surface area contributed by atoms with Gasteiger partial charge in [0, 0.05) is 23.8 Å². The van der Waals surface area contributed by atoms with Crippen molar-refractivity contribution in [3.63, 3.8) is 0 Å². The third-order valence-electron chi connectivity index (χ3n) is 3.72. The van der Waals surface area contributed by atoms with E-state index >= 15 is 0 Å². The SMILES string of the molecule is C[C@H](N)c1c(F)cccc1N1CCCOc2ccccc21. The molecule has 2 aromatic rings. The highest BCUT2D eigenvalue weighted by molar-refractivity contribution is 5.72. The number of para-hydroxylation sites is 2. The standard InChI is InChI=1S/C17H19FN2O/c1-12(19)17-13(18)6-4-8-15(17)20-10-5-11-21-16-9-3-2-7-14(16)20/h2-4,6-9,12H,5,10-11,19H2,1H3/t12-/m0/s1. The lowest BCUT2D eigenvalue weighted by Crippen LogP contribution is -2.22. The molecule has 0 aromatic heterocycles. The van der Waals surface area contributed by atoms with E-state index in [0.717, 1.165) is 30.1 Å². The Morgan fingerprint density at radius 1 is 1.14 bits per heavy atom. The Hall–Kier alpha value is -2.07. The van der Waals surface area contributed by atoms with Gasteiger partial charge in [-0.1, -0.05) is 18.2 Å². The van der Waals surface area contributed by atoms with E-state index in [2.05, 4.69) is 4.90 Å². The summed E-state index contributed by atoms with van der Waals surface area (Å²) in [5.74, 6) is 0.569. The van der Waals surface area contributed by atoms with E-state index in [-0.39, 0.29) is 11.9 Å². The molecule has 1 heterocycles. The van der Waals surface area contributed by atoms with E-state index < -0.39 is 0 Å². The van der Waals surface area contributed by atoms with Crippen molar-refractivity contribution in [1.82, 2.24) is 0 Å². The maximum atomic E-state index is 14.2. The highest BCUT2D eigenvalue weighted by atomic mass is 19.1. The maximum Gasteiger partial charge on any atom is 0.142 e. The van der Waals surface area contributed by atoms with E-state index in [0.29, 0.717) is 12.2 Å². The smallest absolute Gasteiger partial charge is 0.142 e. The predicted molar refractivity (Wildman–Crippen MR) is 82.6 cm³/mol. The second-order valence-corrected chi connectivity index (χ2v) is 5.28. The number of anilines is 2. The number of ether oxygens (including phenoxy) is 1. The zero-order valence-electron chi connectivity index (χ0n) is 12.1. The van der Waals surface area contributed by atoms with E-state index in [1.54, 1.807) is 6.07 Å². The van der Waals surface area contributed by atoms with Gasteiger partial charge in [0.15, 0.2) is 0 Å². The van der Waals surface area contributed by atoms with Gasteiger partial charge in [0.1, 0.15) is 11.6 Å². The van der Waals surface area contributed by atoms with Crippen LogP contribution in [0.2, 0.25) is 0 Å². The lowest BCUT2D eigenvalue weighted by molar-refractivity contribution is 0.322. The van der Waals surface area contributed by atoms with E-state index in [9.17, 15) is 4.39 Å². The van der Waals surface area contributed by atoms with E-state index in [1.807, 2.05) is 37.3 Å². The molecule has 1 aliphatic heterocycles. The van der Waals surface area contributed by atoms with Crippen molar-refractivity contribution < 1.29 is 9.13 Å². The first kappa shape index (κ1) is 13.9. The fraction of sp³-hybridized carbons (Fsp3) is 0.294. The summed E-state index contributed by atoms with van der Waals surface area (Å²) in [4.78, 5) is 2.10. The van der Waals surface area contributed by atoms with Crippen molar-refractivity contribution in [2.24, 2.45) is 5.73 Å². The Balaban J connectivity index is 2.15. The number of nitrogens with zero attached hydrogens (tertiary/aromatic N) is 1. The first-order valence-electron chi connectivity index (χ1n) is 7.22. The molecule has 0 amide bonds. The van der Waals surface area contributed by atoms with Gasteiger partial charge in [-0.2, -0.15) is 0 Å². The van der Waals surface area contributed by atoms with Gasteiger partial charge >= 0.3 is 0 Å². The number of benzene rings is 2. The Morgan fingerprint density at radius 3 is 2.71 bits per heavy atom. The molecule has 0 unspecified atom stereocenters. The molecule has 110 valence electrons. The maximum absolute atomic E-state index is 14.2. The molecule has 0 saturated heterocycles. The highest BCUT2D eigenvalue weighted by Gasteiger charge is 2.22. The zero-order valence-corrected chi connectivity index (χ0v) is 12.1. The first-order valence-corrected chi connectivity index (χ1v) is 7.22. The van der Waals surface area contributed by atoms with Crippen molar-refractivity contribution in [2.75, 3.05) is 18.1 Å². The quantitative estimate of drug-likeness (QED) is 0.913. The average molecular weight is 286 g/mol. The molecule has 0 radical (unpaired) electrons. The van der Waals surface area contributed by atoms with Crippen LogP contribution < -0.4 is 15.4 Å². The summed E-state index contributed by atoms with van der Waals surface area (Å²) in [5.41, 5.74) is 8.32. The minimum atomic E-state index is -0.363. The summed E-state index contributed by atoms with van der Waals surface area (Å²) in [7, 11) is 0. The van der Waals surface area contributed by atoms with Gasteiger partial charge in [0.2, 0.25) is 0 Å². The van der Waals surface area contributed by atoms with Crippen LogP contribution in [0, 0.1) is 5.82 Å². The molecule has 2 aromatic carbocycles. The largest absolute Gasteiger partial charge is 0.491 e. The minimum absolute atomic E-state index is 0.259. The molecule has 21 heavy (non-hydrogen) atoms. The Morgan fingerprint density at radius 2 is 1.90 bits per heavy atom. The van der Waals surface area contributed by atoms with Gasteiger partial charge in [-0.15, -0.1) is 0 Å². The number of halogens is 1. The van der Waals surface area contributed by atoms with Crippen LogP contribution in [0.5, 0.6) is 5.75 Å². The number of hydrogen-bond donors (Lipinski definition) is 1. The molecule has 0 fully saturated rings. The normalized spacial score (nSPS) is 15.9. The topological polar surface area (TPSA) is 38.5 Å². The molecule has 3 nitrogen and oxygen atoms in total. The second kappa shape index (κ2) is 5.74. The van der Waals surface area contributed by atoms with Crippen LogP contribution >= 0.6 is 0 Å². The Bertz CT molecular complexity index is 642. The molecule has 2 N–H and O–H groups in total. The third kappa shape index (κ3) is 2.59.